The quantitative estimate of drug-likeness (QED) is 0.821. The van der Waals surface area contributed by atoms with Gasteiger partial charge in [0, 0.05) is 31.1 Å². The molecule has 1 fully saturated rings. The summed E-state index contributed by atoms with van der Waals surface area (Å²) in [6, 6.07) is 4.04. The summed E-state index contributed by atoms with van der Waals surface area (Å²) in [6.07, 6.45) is 0. The average Bonchev–Trinajstić information content (AvgIpc) is 2.82. The van der Waals surface area contributed by atoms with Gasteiger partial charge in [0.15, 0.2) is 0 Å². The van der Waals surface area contributed by atoms with Gasteiger partial charge in [-0.1, -0.05) is 6.07 Å². The Labute approximate surface area is 94.1 Å². The number of carbonyl (C=O) groups excluding carboxylic acids is 1. The van der Waals surface area contributed by atoms with Crippen LogP contribution in [-0.4, -0.2) is 37.0 Å². The highest BCUT2D eigenvalue weighted by Gasteiger charge is 2.23. The van der Waals surface area contributed by atoms with Crippen molar-refractivity contribution in [1.29, 1.82) is 0 Å². The van der Waals surface area contributed by atoms with Crippen molar-refractivity contribution in [2.24, 2.45) is 0 Å². The summed E-state index contributed by atoms with van der Waals surface area (Å²) >= 11 is 1.66. The number of thiophene rings is 1. The first-order valence-electron chi connectivity index (χ1n) is 5.32. The van der Waals surface area contributed by atoms with Crippen LogP contribution in [0.2, 0.25) is 0 Å². The summed E-state index contributed by atoms with van der Waals surface area (Å²) < 4.78 is 0. The Bertz CT molecular complexity index is 317. The molecule has 4 heteroatoms. The number of rotatable bonds is 2. The van der Waals surface area contributed by atoms with E-state index in [1.807, 2.05) is 29.3 Å². The van der Waals surface area contributed by atoms with Crippen LogP contribution in [0.4, 0.5) is 0 Å². The SMILES string of the molecule is CC(C(=O)N1CCNCC1)c1cccs1. The minimum absolute atomic E-state index is 0.0168. The lowest BCUT2D eigenvalue weighted by molar-refractivity contribution is -0.132. The number of nitrogens with one attached hydrogen (secondary N) is 1. The van der Waals surface area contributed by atoms with Crippen molar-refractivity contribution >= 4 is 17.2 Å². The molecule has 15 heavy (non-hydrogen) atoms. The average molecular weight is 224 g/mol. The first-order valence-corrected chi connectivity index (χ1v) is 6.20. The normalized spacial score (nSPS) is 18.9. The first kappa shape index (κ1) is 10.6. The molecule has 1 unspecified atom stereocenters. The monoisotopic (exact) mass is 224 g/mol. The number of carbonyl (C=O) groups is 1. The van der Waals surface area contributed by atoms with Gasteiger partial charge in [-0.2, -0.15) is 0 Å². The Morgan fingerprint density at radius 2 is 2.27 bits per heavy atom. The van der Waals surface area contributed by atoms with E-state index in [0.717, 1.165) is 26.2 Å². The van der Waals surface area contributed by atoms with E-state index >= 15 is 0 Å². The molecule has 1 aliphatic rings. The molecule has 0 bridgehead atoms. The highest BCUT2D eigenvalue weighted by atomic mass is 32.1. The van der Waals surface area contributed by atoms with Gasteiger partial charge in [0.1, 0.15) is 0 Å². The molecular formula is C11H16N2OS. The van der Waals surface area contributed by atoms with Crippen molar-refractivity contribution in [3.8, 4) is 0 Å². The molecule has 82 valence electrons. The van der Waals surface area contributed by atoms with Crippen molar-refractivity contribution in [2.45, 2.75) is 12.8 Å². The summed E-state index contributed by atoms with van der Waals surface area (Å²) in [7, 11) is 0. The summed E-state index contributed by atoms with van der Waals surface area (Å²) in [5, 5.41) is 5.28. The third-order valence-electron chi connectivity index (χ3n) is 2.77. The lowest BCUT2D eigenvalue weighted by Crippen LogP contribution is -2.47. The Balaban J connectivity index is 2.00. The summed E-state index contributed by atoms with van der Waals surface area (Å²) in [5.41, 5.74) is 0. The molecule has 0 radical (unpaired) electrons. The molecule has 0 spiro atoms. The Hall–Kier alpha value is -0.870. The Morgan fingerprint density at radius 1 is 1.53 bits per heavy atom. The van der Waals surface area contributed by atoms with Gasteiger partial charge >= 0.3 is 0 Å². The van der Waals surface area contributed by atoms with Crippen LogP contribution in [0.1, 0.15) is 17.7 Å². The molecule has 1 N–H and O–H groups in total. The molecule has 1 aliphatic heterocycles. The molecule has 1 aromatic heterocycles. The molecular weight excluding hydrogens is 208 g/mol. The number of hydrogen-bond donors (Lipinski definition) is 1. The van der Waals surface area contributed by atoms with Gasteiger partial charge in [-0.25, -0.2) is 0 Å². The summed E-state index contributed by atoms with van der Waals surface area (Å²) in [5.74, 6) is 0.280. The van der Waals surface area contributed by atoms with Crippen molar-refractivity contribution in [1.82, 2.24) is 10.2 Å². The lowest BCUT2D eigenvalue weighted by Gasteiger charge is -2.29. The van der Waals surface area contributed by atoms with Crippen LogP contribution in [-0.2, 0) is 4.79 Å². The van der Waals surface area contributed by atoms with E-state index in [1.54, 1.807) is 11.3 Å². The molecule has 1 amide bonds. The molecule has 3 nitrogen and oxygen atoms in total. The maximum Gasteiger partial charge on any atom is 0.230 e. The third kappa shape index (κ3) is 2.38. The van der Waals surface area contributed by atoms with Gasteiger partial charge in [-0.05, 0) is 18.4 Å². The number of hydrogen-bond acceptors (Lipinski definition) is 3. The van der Waals surface area contributed by atoms with E-state index in [9.17, 15) is 4.79 Å². The summed E-state index contributed by atoms with van der Waals surface area (Å²) in [6.45, 7) is 5.52. The van der Waals surface area contributed by atoms with Crippen LogP contribution in [0.15, 0.2) is 17.5 Å². The second-order valence-corrected chi connectivity index (χ2v) is 4.79. The predicted octanol–water partition coefficient (Wildman–Crippen LogP) is 1.28. The van der Waals surface area contributed by atoms with Crippen molar-refractivity contribution in [3.05, 3.63) is 22.4 Å². The van der Waals surface area contributed by atoms with Gasteiger partial charge in [0.05, 0.1) is 5.92 Å². The molecule has 2 rings (SSSR count). The maximum absolute atomic E-state index is 12.1. The van der Waals surface area contributed by atoms with Crippen LogP contribution >= 0.6 is 11.3 Å². The van der Waals surface area contributed by atoms with Crippen LogP contribution in [0.25, 0.3) is 0 Å². The standard InChI is InChI=1S/C11H16N2OS/c1-9(10-3-2-8-15-10)11(14)13-6-4-12-5-7-13/h2-3,8-9,12H,4-7H2,1H3. The molecule has 1 atom stereocenters. The molecule has 2 heterocycles. The van der Waals surface area contributed by atoms with E-state index < -0.39 is 0 Å². The second kappa shape index (κ2) is 4.77. The van der Waals surface area contributed by atoms with Crippen LogP contribution < -0.4 is 5.32 Å². The van der Waals surface area contributed by atoms with Gasteiger partial charge < -0.3 is 10.2 Å². The smallest absolute Gasteiger partial charge is 0.230 e. The minimum atomic E-state index is 0.0168. The Morgan fingerprint density at radius 3 is 2.87 bits per heavy atom. The zero-order valence-corrected chi connectivity index (χ0v) is 9.72. The minimum Gasteiger partial charge on any atom is -0.340 e. The zero-order chi connectivity index (χ0) is 10.7. The fourth-order valence-corrected chi connectivity index (χ4v) is 2.59. The van der Waals surface area contributed by atoms with Gasteiger partial charge in [-0.3, -0.25) is 4.79 Å². The van der Waals surface area contributed by atoms with Gasteiger partial charge in [-0.15, -0.1) is 11.3 Å². The lowest BCUT2D eigenvalue weighted by atomic mass is 10.1. The van der Waals surface area contributed by atoms with E-state index in [1.165, 1.54) is 4.88 Å². The predicted molar refractivity (Wildman–Crippen MR) is 62.2 cm³/mol. The highest BCUT2D eigenvalue weighted by Crippen LogP contribution is 2.22. The van der Waals surface area contributed by atoms with E-state index in [-0.39, 0.29) is 11.8 Å². The fourth-order valence-electron chi connectivity index (χ4n) is 1.82. The topological polar surface area (TPSA) is 32.3 Å². The summed E-state index contributed by atoms with van der Waals surface area (Å²) in [4.78, 5) is 15.2. The first-order chi connectivity index (χ1) is 7.29. The largest absolute Gasteiger partial charge is 0.340 e. The molecule has 1 saturated heterocycles. The van der Waals surface area contributed by atoms with Gasteiger partial charge in [0.25, 0.3) is 0 Å². The van der Waals surface area contributed by atoms with Crippen LogP contribution in [0.3, 0.4) is 0 Å². The molecule has 0 aromatic carbocycles. The van der Waals surface area contributed by atoms with Crippen molar-refractivity contribution < 1.29 is 4.79 Å². The molecule has 1 aromatic rings. The molecule has 0 aliphatic carbocycles. The molecule has 0 saturated carbocycles. The van der Waals surface area contributed by atoms with Crippen molar-refractivity contribution in [2.75, 3.05) is 26.2 Å². The van der Waals surface area contributed by atoms with E-state index in [4.69, 9.17) is 0 Å². The number of amides is 1. The van der Waals surface area contributed by atoms with Gasteiger partial charge in [0.2, 0.25) is 5.91 Å². The fraction of sp³-hybridized carbons (Fsp3) is 0.545. The second-order valence-electron chi connectivity index (χ2n) is 3.81. The van der Waals surface area contributed by atoms with E-state index in [0.29, 0.717) is 0 Å². The number of nitrogens with zero attached hydrogens (tertiary/aromatic N) is 1. The van der Waals surface area contributed by atoms with Crippen LogP contribution in [0.5, 0.6) is 0 Å². The van der Waals surface area contributed by atoms with E-state index in [2.05, 4.69) is 5.32 Å². The maximum atomic E-state index is 12.1. The highest BCUT2D eigenvalue weighted by molar-refractivity contribution is 7.10. The van der Waals surface area contributed by atoms with Crippen LogP contribution in [0, 0.1) is 0 Å². The Kier molecular flexibility index (Phi) is 3.38. The number of piperazine rings is 1. The third-order valence-corrected chi connectivity index (χ3v) is 3.82. The zero-order valence-electron chi connectivity index (χ0n) is 8.90. The van der Waals surface area contributed by atoms with Crippen molar-refractivity contribution in [3.63, 3.8) is 0 Å².